The van der Waals surface area contributed by atoms with Crippen molar-refractivity contribution in [1.29, 1.82) is 0 Å². The van der Waals surface area contributed by atoms with Crippen LogP contribution in [0.15, 0.2) is 17.4 Å². The molecule has 2 aromatic rings. The van der Waals surface area contributed by atoms with Crippen molar-refractivity contribution in [2.45, 2.75) is 115 Å². The summed E-state index contributed by atoms with van der Waals surface area (Å²) in [4.78, 5) is 23.9. The Kier molecular flexibility index (Phi) is 19.4. The quantitative estimate of drug-likeness (QED) is 0.0388. The first-order valence-electron chi connectivity index (χ1n) is 16.7. The summed E-state index contributed by atoms with van der Waals surface area (Å²) in [6.45, 7) is -2.79. The Bertz CT molecular complexity index is 2010. The van der Waals surface area contributed by atoms with Crippen molar-refractivity contribution in [2.75, 3.05) is 29.8 Å². The van der Waals surface area contributed by atoms with E-state index in [1.54, 1.807) is 0 Å². The lowest BCUT2D eigenvalue weighted by molar-refractivity contribution is -0.440. The Morgan fingerprint density at radius 2 is 0.794 bits per heavy atom. The van der Waals surface area contributed by atoms with Crippen molar-refractivity contribution >= 4 is 81.7 Å². The van der Waals surface area contributed by atoms with E-state index in [4.69, 9.17) is 0 Å². The third kappa shape index (κ3) is 12.6. The number of alkyl halides is 26. The van der Waals surface area contributed by atoms with Gasteiger partial charge in [0.15, 0.2) is 17.4 Å². The fourth-order valence-electron chi connectivity index (χ4n) is 3.95. The monoisotopic (exact) mass is 1160 g/mol. The van der Waals surface area contributed by atoms with Crippen LogP contribution in [-0.2, 0) is 19.1 Å². The molecular weight excluding hydrogens is 1140 g/mol. The number of halogens is 26. The second kappa shape index (κ2) is 21.4. The Labute approximate surface area is 385 Å². The molecule has 2 aromatic heterocycles. The molecule has 2 heterocycles. The van der Waals surface area contributed by atoms with Gasteiger partial charge < -0.3 is 9.47 Å². The van der Waals surface area contributed by atoms with Gasteiger partial charge in [0.1, 0.15) is 0 Å². The molecule has 0 fully saturated rings. The van der Waals surface area contributed by atoms with Gasteiger partial charge in [0.25, 0.3) is 0 Å². The van der Waals surface area contributed by atoms with Crippen LogP contribution in [-0.4, -0.2) is 134 Å². The number of ether oxygens (including phenoxy) is 2. The Hall–Kier alpha value is -2.36. The van der Waals surface area contributed by atoms with Crippen molar-refractivity contribution in [3.8, 4) is 0 Å². The molecule has 0 saturated carbocycles. The molecule has 8 nitrogen and oxygen atoms in total. The molecule has 0 amide bonds. The first-order valence-corrected chi connectivity index (χ1v) is 22.3. The Morgan fingerprint density at radius 3 is 1.16 bits per heavy atom. The van der Waals surface area contributed by atoms with E-state index in [0.717, 1.165) is 76.6 Å². The molecule has 1 atom stereocenters. The number of hydrogen-bond donors (Lipinski definition) is 0. The van der Waals surface area contributed by atoms with E-state index in [0.29, 0.717) is 0 Å². The summed E-state index contributed by atoms with van der Waals surface area (Å²) in [6, 6.07) is 0. The summed E-state index contributed by atoms with van der Waals surface area (Å²) in [5, 5.41) is 15.2. The van der Waals surface area contributed by atoms with E-state index in [-0.39, 0.29) is 33.9 Å². The predicted molar refractivity (Wildman–Crippen MR) is 184 cm³/mol. The lowest BCUT2D eigenvalue weighted by Gasteiger charge is -2.39. The molecule has 2 rings (SSSR count). The summed E-state index contributed by atoms with van der Waals surface area (Å²) in [7, 11) is 0. The van der Waals surface area contributed by atoms with Gasteiger partial charge in [-0.05, 0) is 0 Å². The van der Waals surface area contributed by atoms with Crippen LogP contribution in [0.3, 0.4) is 0 Å². The predicted octanol–water partition coefficient (Wildman–Crippen LogP) is 12.8. The fourth-order valence-corrected chi connectivity index (χ4v) is 10.5. The number of esters is 2. The van der Waals surface area contributed by atoms with Crippen molar-refractivity contribution in [3.05, 3.63) is 0 Å². The molecule has 0 aliphatic rings. The number of carbonyl (C=O) groups excluding carboxylic acids is 2. The molecular formula is C28H20F26N4O4S6. The molecule has 0 aromatic carbocycles. The minimum atomic E-state index is -8.08. The van der Waals surface area contributed by atoms with Crippen LogP contribution < -0.4 is 0 Å². The molecule has 68 heavy (non-hydrogen) atoms. The molecule has 40 heteroatoms. The highest BCUT2D eigenvalue weighted by atomic mass is 32.2. The fraction of sp³-hybridized carbons (Fsp3) is 0.786. The summed E-state index contributed by atoms with van der Waals surface area (Å²) in [6.07, 6.45) is -21.4. The number of carbonyl (C=O) groups is 2. The van der Waals surface area contributed by atoms with Crippen LogP contribution in [0.4, 0.5) is 114 Å². The number of hydrogen-bond acceptors (Lipinski definition) is 14. The van der Waals surface area contributed by atoms with Crippen LogP contribution in [0.2, 0.25) is 0 Å². The highest BCUT2D eigenvalue weighted by Crippen LogP contribution is 2.62. The summed E-state index contributed by atoms with van der Waals surface area (Å²) >= 11 is 5.38. The van der Waals surface area contributed by atoms with Crippen LogP contribution in [0, 0.1) is 5.92 Å². The van der Waals surface area contributed by atoms with Crippen LogP contribution >= 0.6 is 69.7 Å². The maximum atomic E-state index is 13.9. The van der Waals surface area contributed by atoms with E-state index in [1.165, 1.54) is 0 Å². The van der Waals surface area contributed by atoms with Gasteiger partial charge in [-0.15, -0.1) is 20.4 Å². The summed E-state index contributed by atoms with van der Waals surface area (Å²) in [5.74, 6) is -80.8. The van der Waals surface area contributed by atoms with E-state index < -0.39 is 122 Å². The molecule has 394 valence electrons. The molecule has 0 aliphatic heterocycles. The number of rotatable bonds is 26. The maximum Gasteiger partial charge on any atom is 0.460 e. The molecule has 1 unspecified atom stereocenters. The van der Waals surface area contributed by atoms with Gasteiger partial charge in [0, 0.05) is 11.5 Å². The third-order valence-corrected chi connectivity index (χ3v) is 14.6. The van der Waals surface area contributed by atoms with Gasteiger partial charge >= 0.3 is 83.5 Å². The zero-order valence-electron chi connectivity index (χ0n) is 31.9. The highest BCUT2D eigenvalue weighted by Gasteiger charge is 2.92. The second-order valence-electron chi connectivity index (χ2n) is 12.8. The number of thioether (sulfide) groups is 4. The highest BCUT2D eigenvalue weighted by molar-refractivity contribution is 8.17. The smallest absolute Gasteiger partial charge is 0.460 e. The molecule has 0 saturated heterocycles. The first-order chi connectivity index (χ1) is 30.3. The van der Waals surface area contributed by atoms with Gasteiger partial charge in [0.2, 0.25) is 0 Å². The van der Waals surface area contributed by atoms with Gasteiger partial charge in [-0.25, -0.2) is 0 Å². The molecule has 0 bridgehead atoms. The van der Waals surface area contributed by atoms with Crippen molar-refractivity contribution in [2.24, 2.45) is 5.92 Å². The van der Waals surface area contributed by atoms with Crippen molar-refractivity contribution in [3.63, 3.8) is 0 Å². The third-order valence-electron chi connectivity index (χ3n) is 7.87. The zero-order valence-corrected chi connectivity index (χ0v) is 36.8. The first kappa shape index (κ1) is 61.8. The Morgan fingerprint density at radius 1 is 0.471 bits per heavy atom. The number of nitrogens with zero attached hydrogens (tertiary/aromatic N) is 4. The average molecular weight is 1160 g/mol. The molecule has 0 N–H and O–H groups in total. The topological polar surface area (TPSA) is 104 Å². The minimum absolute atomic E-state index is 0.139. The summed E-state index contributed by atoms with van der Waals surface area (Å²) < 4.78 is 353. The van der Waals surface area contributed by atoms with Crippen molar-refractivity contribution in [1.82, 2.24) is 20.4 Å². The number of aromatic nitrogens is 4. The van der Waals surface area contributed by atoms with Gasteiger partial charge in [0.05, 0.1) is 43.5 Å². The largest absolute Gasteiger partial charge is 0.465 e. The lowest BCUT2D eigenvalue weighted by atomic mass is 9.93. The summed E-state index contributed by atoms with van der Waals surface area (Å²) in [5.41, 5.74) is 0. The van der Waals surface area contributed by atoms with E-state index in [2.05, 4.69) is 29.9 Å². The van der Waals surface area contributed by atoms with Crippen molar-refractivity contribution < 1.29 is 133 Å². The Balaban J connectivity index is 1.79. The average Bonchev–Trinajstić information content (AvgIpc) is 3.84. The normalized spacial score (nSPS) is 15.2. The van der Waals surface area contributed by atoms with Gasteiger partial charge in [-0.3, -0.25) is 9.59 Å². The maximum absolute atomic E-state index is 13.9. The molecule has 0 radical (unpaired) electrons. The second-order valence-corrected chi connectivity index (χ2v) is 20.1. The molecule has 0 aliphatic carbocycles. The van der Waals surface area contributed by atoms with Gasteiger partial charge in [-0.1, -0.05) is 76.6 Å². The standard InChI is InChI=1S/C28H20F26N4O4S6/c1-10(12(60)62-6-4-18(31,32)20(35,36)22(39,40)24(43,44)26(47,48)28(52,53)54)8-64-14-56-58-16(68-14)66-9-65-15-57-55-13(67-15)63-7-2-11(59)61-5-3-17(29,30)19(33,34)21(37,38)23(41,42)25(45,46)27(49,50)51/h10H,2-9H2,1H3. The molecule has 0 spiro atoms. The van der Waals surface area contributed by atoms with E-state index in [1.807, 2.05) is 0 Å². The van der Waals surface area contributed by atoms with Crippen LogP contribution in [0.1, 0.15) is 26.2 Å². The zero-order chi connectivity index (χ0) is 53.2. The van der Waals surface area contributed by atoms with Crippen LogP contribution in [0.5, 0.6) is 0 Å². The van der Waals surface area contributed by atoms with Gasteiger partial charge in [-0.2, -0.15) is 114 Å². The van der Waals surface area contributed by atoms with Crippen LogP contribution in [0.25, 0.3) is 0 Å². The van der Waals surface area contributed by atoms with E-state index >= 15 is 0 Å². The lowest BCUT2D eigenvalue weighted by Crippen LogP contribution is -2.70. The SMILES string of the molecule is CC(CSc1nnc(SCSc2nnc(SCCC(=O)OCCC(F)(F)C(F)(F)C(F)(F)C(F)(F)C(F)(F)C(F)(F)F)s2)s1)C(=O)OCCC(F)(F)C(F)(F)C(F)(F)C(F)(F)C(F)(F)C(F)(F)F. The minimum Gasteiger partial charge on any atom is -0.465 e. The van der Waals surface area contributed by atoms with E-state index in [9.17, 15) is 124 Å².